The maximum absolute atomic E-state index is 10.9. The molecule has 0 N–H and O–H groups in total. The number of rotatable bonds is 3. The van der Waals surface area contributed by atoms with Crippen LogP contribution in [0.25, 0.3) is 16.0 Å². The second-order valence-electron chi connectivity index (χ2n) is 4.09. The fourth-order valence-corrected chi connectivity index (χ4v) is 1.29. The minimum atomic E-state index is -4.98. The summed E-state index contributed by atoms with van der Waals surface area (Å²) in [4.78, 5) is 0. The van der Waals surface area contributed by atoms with Crippen LogP contribution in [0.5, 0.6) is 0 Å². The van der Waals surface area contributed by atoms with Crippen LogP contribution in [0.15, 0.2) is 30.3 Å². The van der Waals surface area contributed by atoms with E-state index in [0.29, 0.717) is 0 Å². The van der Waals surface area contributed by atoms with Crippen molar-refractivity contribution < 1.29 is 52.5 Å². The number of hydrogen-bond acceptors (Lipinski definition) is 0. The predicted octanol–water partition coefficient (Wildman–Crippen LogP) is 5.89. The summed E-state index contributed by atoms with van der Waals surface area (Å²) < 4.78 is 65.4. The Kier molecular flexibility index (Phi) is 39.9. The number of alkyl halides is 6. The van der Waals surface area contributed by atoms with Crippen molar-refractivity contribution in [3.63, 3.8) is 0 Å². The summed E-state index contributed by atoms with van der Waals surface area (Å²) in [5, 5.41) is 1.24. The molecule has 11 heteroatoms. The first kappa shape index (κ1) is 37.9. The van der Waals surface area contributed by atoms with E-state index in [1.807, 2.05) is 51.1 Å². The van der Waals surface area contributed by atoms with Crippen molar-refractivity contribution in [2.75, 3.05) is 40.8 Å². The van der Waals surface area contributed by atoms with Crippen LogP contribution in [0.2, 0.25) is 0 Å². The van der Waals surface area contributed by atoms with Crippen LogP contribution in [-0.4, -0.2) is 66.2 Å². The van der Waals surface area contributed by atoms with E-state index < -0.39 is 25.4 Å². The van der Waals surface area contributed by atoms with Crippen LogP contribution < -0.4 is 0 Å². The van der Waals surface area contributed by atoms with Crippen molar-refractivity contribution in [1.82, 2.24) is 0 Å². The monoisotopic (exact) mass is 542 g/mol. The van der Waals surface area contributed by atoms with Crippen LogP contribution in [0.1, 0.15) is 20.8 Å². The third kappa shape index (κ3) is 76.0. The molecule has 1 aromatic carbocycles. The van der Waals surface area contributed by atoms with Gasteiger partial charge < -0.3 is 16.0 Å². The van der Waals surface area contributed by atoms with Gasteiger partial charge in [-0.15, -0.1) is 0 Å². The zero-order valence-corrected chi connectivity index (χ0v) is 21.6. The van der Waals surface area contributed by atoms with Gasteiger partial charge in [0.1, 0.15) is 0 Å². The summed E-state index contributed by atoms with van der Waals surface area (Å²) in [5.74, 6) is 0. The Balaban J connectivity index is -0.0000000780. The van der Waals surface area contributed by atoms with Crippen LogP contribution in [0.4, 0.5) is 26.3 Å². The van der Waals surface area contributed by atoms with E-state index in [0.717, 1.165) is 19.6 Å². The third-order valence-electron chi connectivity index (χ3n) is 1.83. The fourth-order valence-electron chi connectivity index (χ4n) is 0.506. The topological polar surface area (TPSA) is 42.3 Å². The Hall–Kier alpha value is 0.236. The molecular weight excluding hydrogens is 512 g/mol. The standard InChI is InChI=1S/C5H5.3C3H8N.C2HF6Ge.Zr/c1-2-4-5-3-1;3*1-3-4-2;3-1(4,5)9-2(6,7)8;/h1-5H;3*3H2,1-2H3;9H;/q4*-1;;+4. The second kappa shape index (κ2) is 28.4. The van der Waals surface area contributed by atoms with E-state index in [1.165, 1.54) is 0 Å². The Morgan fingerprint density at radius 1 is 0.704 bits per heavy atom. The molecule has 0 unspecified atom stereocenters. The zero-order valence-electron chi connectivity index (χ0n) is 16.7. The number of nitrogens with zero attached hydrogens (tertiary/aromatic N) is 3. The van der Waals surface area contributed by atoms with Gasteiger partial charge in [-0.1, -0.05) is 20.8 Å². The summed E-state index contributed by atoms with van der Waals surface area (Å²) in [6, 6.07) is 10.0. The molecule has 159 valence electrons. The minimum Gasteiger partial charge on any atom is -0.214 e. The SMILES string of the molecule is CC[N-]C.CC[N-]C.CC[N-]C.F[C](F)(F)[GeH][C](F)(F)F.[Zr+4].c1cc[cH-]c1. The van der Waals surface area contributed by atoms with Crippen molar-refractivity contribution in [3.05, 3.63) is 46.3 Å². The fraction of sp³-hybridized carbons (Fsp3) is 0.688. The molecule has 3 nitrogen and oxygen atoms in total. The van der Waals surface area contributed by atoms with Crippen LogP contribution in [0, 0.1) is 0 Å². The van der Waals surface area contributed by atoms with Gasteiger partial charge in [-0.2, -0.15) is 59.0 Å². The molecule has 0 heterocycles. The molecule has 1 rings (SSSR count). The molecule has 0 amide bonds. The summed E-state index contributed by atoms with van der Waals surface area (Å²) >= 11 is -4.06. The van der Waals surface area contributed by atoms with E-state index >= 15 is 0 Å². The predicted molar refractivity (Wildman–Crippen MR) is 101 cm³/mol. The second-order valence-corrected chi connectivity index (χ2v) is 7.44. The van der Waals surface area contributed by atoms with Crippen molar-refractivity contribution in [1.29, 1.82) is 0 Å². The van der Waals surface area contributed by atoms with Gasteiger partial charge in [0.2, 0.25) is 0 Å². The quantitative estimate of drug-likeness (QED) is 0.260. The molecule has 0 aliphatic carbocycles. The van der Waals surface area contributed by atoms with Gasteiger partial charge in [-0.05, 0) is 0 Å². The average molecular weight is 542 g/mol. The molecule has 0 aliphatic rings. The summed E-state index contributed by atoms with van der Waals surface area (Å²) in [6.07, 6.45) is 0. The maximum atomic E-state index is 10.9. The zero-order chi connectivity index (χ0) is 21.5. The Bertz CT molecular complexity index is 278. The smallest absolute Gasteiger partial charge is 0.214 e. The Morgan fingerprint density at radius 2 is 0.926 bits per heavy atom. The van der Waals surface area contributed by atoms with Gasteiger partial charge >= 0.3 is 78.0 Å². The number of hydrogen-bond donors (Lipinski definition) is 0. The molecule has 0 spiro atoms. The molecule has 0 aromatic heterocycles. The molecule has 0 fully saturated rings. The normalized spacial score (nSPS) is 9.48. The van der Waals surface area contributed by atoms with Gasteiger partial charge in [-0.3, -0.25) is 0 Å². The maximum Gasteiger partial charge on any atom is 4.00 e. The van der Waals surface area contributed by atoms with E-state index in [-0.39, 0.29) is 26.2 Å². The van der Waals surface area contributed by atoms with Crippen LogP contribution in [-0.2, 0) is 26.2 Å². The van der Waals surface area contributed by atoms with Crippen molar-refractivity contribution in [3.8, 4) is 0 Å². The van der Waals surface area contributed by atoms with Crippen molar-refractivity contribution >= 4 is 15.4 Å². The molecule has 1 aromatic rings. The summed E-state index contributed by atoms with van der Waals surface area (Å²) in [7, 11) is 5.42. The van der Waals surface area contributed by atoms with E-state index in [1.54, 1.807) is 21.1 Å². The Labute approximate surface area is 185 Å². The molecule has 0 saturated heterocycles. The molecule has 27 heavy (non-hydrogen) atoms. The summed E-state index contributed by atoms with van der Waals surface area (Å²) in [6.45, 7) is 8.88. The molecule has 0 bridgehead atoms. The molecule has 0 saturated carbocycles. The molecule has 0 atom stereocenters. The summed E-state index contributed by atoms with van der Waals surface area (Å²) in [5.41, 5.74) is 0. The van der Waals surface area contributed by atoms with Crippen molar-refractivity contribution in [2.24, 2.45) is 0 Å². The van der Waals surface area contributed by atoms with Crippen LogP contribution in [0.3, 0.4) is 0 Å². The third-order valence-corrected chi connectivity index (χ3v) is 3.21. The first-order valence-corrected chi connectivity index (χ1v) is 10.2. The van der Waals surface area contributed by atoms with E-state index in [9.17, 15) is 26.3 Å². The van der Waals surface area contributed by atoms with E-state index in [4.69, 9.17) is 0 Å². The van der Waals surface area contributed by atoms with Gasteiger partial charge in [0, 0.05) is 0 Å². The van der Waals surface area contributed by atoms with Gasteiger partial charge in [0.15, 0.2) is 0 Å². The first-order chi connectivity index (χ1) is 11.9. The first-order valence-electron chi connectivity index (χ1n) is 7.79. The number of halogens is 6. The average Bonchev–Trinajstić information content (AvgIpc) is 3.12. The van der Waals surface area contributed by atoms with E-state index in [2.05, 4.69) is 16.0 Å². The van der Waals surface area contributed by atoms with Gasteiger partial charge in [0.25, 0.3) is 0 Å². The Morgan fingerprint density at radius 3 is 0.963 bits per heavy atom. The largest absolute Gasteiger partial charge is 4.00 e. The molecule has 0 aliphatic heterocycles. The minimum absolute atomic E-state index is 0. The molecular formula is C16H30F6GeN3Zr. The molecule has 1 radical (unpaired) electrons. The van der Waals surface area contributed by atoms with Crippen molar-refractivity contribution in [2.45, 2.75) is 30.8 Å². The van der Waals surface area contributed by atoms with Gasteiger partial charge in [-0.25, -0.2) is 12.1 Å². The van der Waals surface area contributed by atoms with Gasteiger partial charge in [0.05, 0.1) is 0 Å². The van der Waals surface area contributed by atoms with Crippen LogP contribution >= 0.6 is 0 Å².